The summed E-state index contributed by atoms with van der Waals surface area (Å²) in [6.45, 7) is 5.44. The smallest absolute Gasteiger partial charge is 0.170 e. The van der Waals surface area contributed by atoms with Crippen LogP contribution in [0, 0.1) is 12.8 Å². The van der Waals surface area contributed by atoms with Crippen LogP contribution in [-0.2, 0) is 0 Å². The molecule has 2 rings (SSSR count). The van der Waals surface area contributed by atoms with Crippen molar-refractivity contribution in [1.82, 2.24) is 10.2 Å². The minimum absolute atomic E-state index is 0.704. The van der Waals surface area contributed by atoms with Crippen LogP contribution in [0.1, 0.15) is 18.4 Å². The molecule has 19 heavy (non-hydrogen) atoms. The molecular weight excluding hydrogens is 254 g/mol. The molecule has 0 amide bonds. The molecule has 104 valence electrons. The molecule has 1 aliphatic rings. The van der Waals surface area contributed by atoms with Gasteiger partial charge in [0.05, 0.1) is 0 Å². The van der Waals surface area contributed by atoms with Crippen molar-refractivity contribution in [2.24, 2.45) is 5.92 Å². The molecule has 1 fully saturated rings. The van der Waals surface area contributed by atoms with E-state index in [-0.39, 0.29) is 0 Å². The largest absolute Gasteiger partial charge is 0.362 e. The summed E-state index contributed by atoms with van der Waals surface area (Å²) in [5.74, 6) is 0.704. The number of aryl methyl sites for hydroxylation is 1. The first kappa shape index (κ1) is 14.3. The number of rotatable bonds is 3. The van der Waals surface area contributed by atoms with Crippen LogP contribution < -0.4 is 10.6 Å². The highest BCUT2D eigenvalue weighted by Gasteiger charge is 2.16. The zero-order valence-electron chi connectivity index (χ0n) is 11.8. The van der Waals surface area contributed by atoms with Crippen molar-refractivity contribution in [2.75, 3.05) is 32.0 Å². The Morgan fingerprint density at radius 1 is 1.42 bits per heavy atom. The number of likely N-dealkylation sites (tertiary alicyclic amines) is 1. The van der Waals surface area contributed by atoms with Gasteiger partial charge in [-0.3, -0.25) is 0 Å². The molecule has 0 unspecified atom stereocenters. The zero-order chi connectivity index (χ0) is 13.7. The normalized spacial score (nSPS) is 20.0. The van der Waals surface area contributed by atoms with Gasteiger partial charge in [-0.05, 0) is 63.1 Å². The Kier molecular flexibility index (Phi) is 5.16. The summed E-state index contributed by atoms with van der Waals surface area (Å²) in [6.07, 6.45) is 2.59. The summed E-state index contributed by atoms with van der Waals surface area (Å²) in [4.78, 5) is 2.40. The lowest BCUT2D eigenvalue weighted by Crippen LogP contribution is -2.40. The van der Waals surface area contributed by atoms with Gasteiger partial charge < -0.3 is 15.5 Å². The molecule has 0 bridgehead atoms. The number of piperidine rings is 1. The number of hydrogen-bond donors (Lipinski definition) is 2. The van der Waals surface area contributed by atoms with Crippen LogP contribution in [-0.4, -0.2) is 36.7 Å². The summed E-state index contributed by atoms with van der Waals surface area (Å²) < 4.78 is 0. The minimum Gasteiger partial charge on any atom is -0.362 e. The zero-order valence-corrected chi connectivity index (χ0v) is 12.6. The average molecular weight is 277 g/mol. The number of para-hydroxylation sites is 1. The molecule has 0 radical (unpaired) electrons. The predicted molar refractivity (Wildman–Crippen MR) is 85.6 cm³/mol. The van der Waals surface area contributed by atoms with Crippen LogP contribution in [0.25, 0.3) is 0 Å². The molecule has 2 N–H and O–H groups in total. The van der Waals surface area contributed by atoms with Gasteiger partial charge in [0.25, 0.3) is 0 Å². The van der Waals surface area contributed by atoms with E-state index in [2.05, 4.69) is 41.6 Å². The molecule has 1 atom stereocenters. The van der Waals surface area contributed by atoms with Crippen molar-refractivity contribution in [3.05, 3.63) is 29.8 Å². The molecule has 1 saturated heterocycles. The molecule has 3 nitrogen and oxygen atoms in total. The second kappa shape index (κ2) is 6.87. The second-order valence-electron chi connectivity index (χ2n) is 5.42. The monoisotopic (exact) mass is 277 g/mol. The lowest BCUT2D eigenvalue weighted by atomic mass is 9.99. The fourth-order valence-electron chi connectivity index (χ4n) is 2.56. The number of thiocarbonyl (C=S) groups is 1. The van der Waals surface area contributed by atoms with Gasteiger partial charge in [0.1, 0.15) is 0 Å². The van der Waals surface area contributed by atoms with Gasteiger partial charge in [-0.1, -0.05) is 18.2 Å². The predicted octanol–water partition coefficient (Wildman–Crippen LogP) is 2.62. The van der Waals surface area contributed by atoms with E-state index in [0.717, 1.165) is 17.3 Å². The lowest BCUT2D eigenvalue weighted by Gasteiger charge is -2.30. The maximum Gasteiger partial charge on any atom is 0.170 e. The molecular formula is C15H23N3S. The van der Waals surface area contributed by atoms with E-state index >= 15 is 0 Å². The van der Waals surface area contributed by atoms with Crippen molar-refractivity contribution in [3.8, 4) is 0 Å². The van der Waals surface area contributed by atoms with Crippen LogP contribution in [0.3, 0.4) is 0 Å². The quantitative estimate of drug-likeness (QED) is 0.831. The molecule has 1 aromatic carbocycles. The molecule has 1 heterocycles. The van der Waals surface area contributed by atoms with Crippen molar-refractivity contribution < 1.29 is 0 Å². The van der Waals surface area contributed by atoms with Gasteiger partial charge in [0, 0.05) is 18.8 Å². The van der Waals surface area contributed by atoms with Crippen molar-refractivity contribution in [2.45, 2.75) is 19.8 Å². The third-order valence-electron chi connectivity index (χ3n) is 3.67. The van der Waals surface area contributed by atoms with Gasteiger partial charge >= 0.3 is 0 Å². The lowest BCUT2D eigenvalue weighted by molar-refractivity contribution is 0.211. The van der Waals surface area contributed by atoms with Crippen molar-refractivity contribution >= 4 is 23.0 Å². The highest BCUT2D eigenvalue weighted by atomic mass is 32.1. The van der Waals surface area contributed by atoms with Gasteiger partial charge in [0.15, 0.2) is 5.11 Å². The SMILES string of the molecule is Cc1ccccc1NC(=S)NC[C@H]1CCCN(C)C1. The Hall–Kier alpha value is -1.13. The Morgan fingerprint density at radius 2 is 2.21 bits per heavy atom. The van der Waals surface area contributed by atoms with E-state index < -0.39 is 0 Å². The minimum atomic E-state index is 0.704. The highest BCUT2D eigenvalue weighted by molar-refractivity contribution is 7.80. The van der Waals surface area contributed by atoms with E-state index in [9.17, 15) is 0 Å². The van der Waals surface area contributed by atoms with Gasteiger partial charge in [-0.25, -0.2) is 0 Å². The van der Waals surface area contributed by atoms with Gasteiger partial charge in [-0.15, -0.1) is 0 Å². The van der Waals surface area contributed by atoms with E-state index in [1.54, 1.807) is 0 Å². The van der Waals surface area contributed by atoms with Crippen LogP contribution in [0.2, 0.25) is 0 Å². The Labute approximate surface area is 121 Å². The summed E-state index contributed by atoms with van der Waals surface area (Å²) in [5, 5.41) is 7.33. The van der Waals surface area contributed by atoms with Crippen LogP contribution in [0.15, 0.2) is 24.3 Å². The van der Waals surface area contributed by atoms with Crippen molar-refractivity contribution in [1.29, 1.82) is 0 Å². The fourth-order valence-corrected chi connectivity index (χ4v) is 2.75. The average Bonchev–Trinajstić information content (AvgIpc) is 2.39. The van der Waals surface area contributed by atoms with E-state index in [4.69, 9.17) is 12.2 Å². The Bertz CT molecular complexity index is 433. The third kappa shape index (κ3) is 4.48. The highest BCUT2D eigenvalue weighted by Crippen LogP contribution is 2.15. The third-order valence-corrected chi connectivity index (χ3v) is 3.91. The molecule has 0 saturated carbocycles. The number of benzene rings is 1. The van der Waals surface area contributed by atoms with E-state index in [1.807, 2.05) is 12.1 Å². The summed E-state index contributed by atoms with van der Waals surface area (Å²) in [5.41, 5.74) is 2.30. The standard InChI is InChI=1S/C15H23N3S/c1-12-6-3-4-8-14(12)17-15(19)16-10-13-7-5-9-18(2)11-13/h3-4,6,8,13H,5,7,9-11H2,1-2H3,(H2,16,17,19)/t13-/m1/s1. The summed E-state index contributed by atoms with van der Waals surface area (Å²) in [6, 6.07) is 8.20. The molecule has 4 heteroatoms. The van der Waals surface area contributed by atoms with E-state index in [0.29, 0.717) is 5.92 Å². The Morgan fingerprint density at radius 3 is 2.95 bits per heavy atom. The molecule has 0 aromatic heterocycles. The molecule has 1 aromatic rings. The number of anilines is 1. The van der Waals surface area contributed by atoms with Gasteiger partial charge in [0.2, 0.25) is 0 Å². The van der Waals surface area contributed by atoms with Crippen LogP contribution >= 0.6 is 12.2 Å². The van der Waals surface area contributed by atoms with Crippen molar-refractivity contribution in [3.63, 3.8) is 0 Å². The maximum absolute atomic E-state index is 5.36. The first-order valence-electron chi connectivity index (χ1n) is 6.94. The molecule has 1 aliphatic heterocycles. The second-order valence-corrected chi connectivity index (χ2v) is 5.83. The fraction of sp³-hybridized carbons (Fsp3) is 0.533. The topological polar surface area (TPSA) is 27.3 Å². The summed E-state index contributed by atoms with van der Waals surface area (Å²) in [7, 11) is 2.19. The van der Waals surface area contributed by atoms with Crippen LogP contribution in [0.4, 0.5) is 5.69 Å². The maximum atomic E-state index is 5.36. The number of nitrogens with one attached hydrogen (secondary N) is 2. The first-order chi connectivity index (χ1) is 9.15. The van der Waals surface area contributed by atoms with Crippen LogP contribution in [0.5, 0.6) is 0 Å². The van der Waals surface area contributed by atoms with E-state index in [1.165, 1.54) is 31.5 Å². The number of hydrogen-bond acceptors (Lipinski definition) is 2. The molecule has 0 spiro atoms. The van der Waals surface area contributed by atoms with Gasteiger partial charge in [-0.2, -0.15) is 0 Å². The summed E-state index contributed by atoms with van der Waals surface area (Å²) >= 11 is 5.36. The first-order valence-corrected chi connectivity index (χ1v) is 7.35. The number of nitrogens with zero attached hydrogens (tertiary/aromatic N) is 1. The Balaban J connectivity index is 1.77. The molecule has 0 aliphatic carbocycles.